The van der Waals surface area contributed by atoms with Crippen LogP contribution in [-0.2, 0) is 19.7 Å². The molecule has 0 atom stereocenters. The Morgan fingerprint density at radius 3 is 1.79 bits per heavy atom. The molecular weight excluding hydrogens is 248 g/mol. The second-order valence-corrected chi connectivity index (χ2v) is 9.43. The van der Waals surface area contributed by atoms with E-state index < -0.39 is 23.8 Å². The molecule has 14 heavy (non-hydrogen) atoms. The van der Waals surface area contributed by atoms with Gasteiger partial charge in [-0.2, -0.15) is 0 Å². The molecule has 0 saturated carbocycles. The van der Waals surface area contributed by atoms with Crippen LogP contribution >= 0.6 is 11.6 Å². The Hall–Kier alpha value is 0.190. The van der Waals surface area contributed by atoms with E-state index in [1.807, 2.05) is 0 Å². The molecule has 0 amide bonds. The van der Waals surface area contributed by atoms with Gasteiger partial charge in [-0.3, -0.25) is 0 Å². The Morgan fingerprint density at radius 1 is 1.07 bits per heavy atom. The average Bonchev–Trinajstić information content (AvgIpc) is 2.03. The zero-order valence-electron chi connectivity index (χ0n) is 8.45. The summed E-state index contributed by atoms with van der Waals surface area (Å²) in [5, 5.41) is 0. The fourth-order valence-electron chi connectivity index (χ4n) is 0.888. The molecular formula is C7H15ClO4S2. The van der Waals surface area contributed by atoms with Gasteiger partial charge < -0.3 is 0 Å². The minimum absolute atomic E-state index is 0.0923. The largest absolute Gasteiger partial charge is 0.227 e. The second-order valence-electron chi connectivity index (χ2n) is 3.31. The van der Waals surface area contributed by atoms with Crippen LogP contribution in [0.25, 0.3) is 0 Å². The van der Waals surface area contributed by atoms with Crippen molar-refractivity contribution in [2.24, 2.45) is 0 Å². The second kappa shape index (κ2) is 4.37. The van der Waals surface area contributed by atoms with Gasteiger partial charge >= 0.3 is 0 Å². The van der Waals surface area contributed by atoms with Gasteiger partial charge in [-0.1, -0.05) is 6.92 Å². The molecule has 0 N–H and O–H groups in total. The quantitative estimate of drug-likeness (QED) is 0.688. The fourth-order valence-corrected chi connectivity index (χ4v) is 5.04. The van der Waals surface area contributed by atoms with Gasteiger partial charge in [0.1, 0.15) is 0 Å². The van der Waals surface area contributed by atoms with Gasteiger partial charge in [0.25, 0.3) is 0 Å². The molecule has 0 aromatic heterocycles. The summed E-state index contributed by atoms with van der Waals surface area (Å²) in [6.45, 7) is 3.83. The first kappa shape index (κ1) is 14.2. The standard InChI is InChI=1S/C7H15ClO4S2/c1-4-13(9,10)7(2,3)14(11,12)6-5-8/h4-6H2,1-3H3. The molecule has 0 aromatic carbocycles. The van der Waals surface area contributed by atoms with Crippen LogP contribution < -0.4 is 0 Å². The lowest BCUT2D eigenvalue weighted by Crippen LogP contribution is -2.43. The van der Waals surface area contributed by atoms with Crippen LogP contribution in [0.5, 0.6) is 0 Å². The summed E-state index contributed by atoms with van der Waals surface area (Å²) in [7, 11) is -7.32. The molecule has 86 valence electrons. The van der Waals surface area contributed by atoms with Crippen LogP contribution in [0.2, 0.25) is 0 Å². The van der Waals surface area contributed by atoms with E-state index in [0.29, 0.717) is 0 Å². The highest BCUT2D eigenvalue weighted by Crippen LogP contribution is 2.25. The number of hydrogen-bond acceptors (Lipinski definition) is 4. The van der Waals surface area contributed by atoms with Crippen molar-refractivity contribution in [1.29, 1.82) is 0 Å². The Labute approximate surface area is 90.5 Å². The van der Waals surface area contributed by atoms with E-state index in [0.717, 1.165) is 0 Å². The maximum absolute atomic E-state index is 11.6. The van der Waals surface area contributed by atoms with Crippen molar-refractivity contribution >= 4 is 31.3 Å². The maximum atomic E-state index is 11.6. The monoisotopic (exact) mass is 262 g/mol. The summed E-state index contributed by atoms with van der Waals surface area (Å²) >= 11 is 5.31. The van der Waals surface area contributed by atoms with Crippen LogP contribution in [0.15, 0.2) is 0 Å². The molecule has 0 heterocycles. The first-order valence-corrected chi connectivity index (χ1v) is 7.97. The first-order chi connectivity index (χ1) is 6.12. The van der Waals surface area contributed by atoms with E-state index in [1.54, 1.807) is 0 Å². The summed E-state index contributed by atoms with van der Waals surface area (Å²) in [5.41, 5.74) is 0. The summed E-state index contributed by atoms with van der Waals surface area (Å²) in [6.07, 6.45) is 0. The Kier molecular flexibility index (Phi) is 4.42. The fraction of sp³-hybridized carbons (Fsp3) is 1.00. The van der Waals surface area contributed by atoms with Crippen molar-refractivity contribution in [1.82, 2.24) is 0 Å². The predicted molar refractivity (Wildman–Crippen MR) is 58.0 cm³/mol. The molecule has 4 nitrogen and oxygen atoms in total. The van der Waals surface area contributed by atoms with E-state index in [1.165, 1.54) is 20.8 Å². The van der Waals surface area contributed by atoms with E-state index in [-0.39, 0.29) is 17.4 Å². The van der Waals surface area contributed by atoms with Crippen molar-refractivity contribution in [3.05, 3.63) is 0 Å². The number of rotatable bonds is 5. The summed E-state index contributed by atoms with van der Waals surface area (Å²) < 4.78 is 44.5. The Balaban J connectivity index is 5.38. The van der Waals surface area contributed by atoms with Crippen LogP contribution in [0.1, 0.15) is 20.8 Å². The van der Waals surface area contributed by atoms with Crippen LogP contribution in [-0.4, -0.2) is 38.3 Å². The molecule has 0 unspecified atom stereocenters. The van der Waals surface area contributed by atoms with E-state index >= 15 is 0 Å². The predicted octanol–water partition coefficient (Wildman–Crippen LogP) is 0.811. The van der Waals surface area contributed by atoms with Crippen LogP contribution in [0.3, 0.4) is 0 Å². The lowest BCUT2D eigenvalue weighted by molar-refractivity contribution is 0.557. The molecule has 0 aliphatic carbocycles. The molecule has 0 radical (unpaired) electrons. The molecule has 7 heteroatoms. The molecule has 0 fully saturated rings. The Bertz CT molecular complexity index is 380. The van der Waals surface area contributed by atoms with E-state index in [4.69, 9.17) is 11.6 Å². The lowest BCUT2D eigenvalue weighted by Gasteiger charge is -2.23. The van der Waals surface area contributed by atoms with Gasteiger partial charge in [-0.15, -0.1) is 11.6 Å². The summed E-state index contributed by atoms with van der Waals surface area (Å²) in [5.74, 6) is -0.604. The minimum atomic E-state index is -3.70. The lowest BCUT2D eigenvalue weighted by atomic mass is 10.5. The highest BCUT2D eigenvalue weighted by atomic mass is 35.5. The molecule has 0 spiro atoms. The number of alkyl halides is 1. The van der Waals surface area contributed by atoms with Crippen molar-refractivity contribution < 1.29 is 16.8 Å². The van der Waals surface area contributed by atoms with Crippen molar-refractivity contribution in [3.8, 4) is 0 Å². The van der Waals surface area contributed by atoms with Gasteiger partial charge in [-0.25, -0.2) is 16.8 Å². The van der Waals surface area contributed by atoms with E-state index in [2.05, 4.69) is 0 Å². The van der Waals surface area contributed by atoms with Gasteiger partial charge in [0.05, 0.1) is 5.75 Å². The highest BCUT2D eigenvalue weighted by Gasteiger charge is 2.44. The summed E-state index contributed by atoms with van der Waals surface area (Å²) in [4.78, 5) is 0. The number of sulfone groups is 2. The Morgan fingerprint density at radius 2 is 1.50 bits per heavy atom. The maximum Gasteiger partial charge on any atom is 0.170 e. The normalized spacial score (nSPS) is 14.3. The number of halogens is 1. The van der Waals surface area contributed by atoms with Gasteiger partial charge in [0.2, 0.25) is 0 Å². The SMILES string of the molecule is CCS(=O)(=O)C(C)(C)S(=O)(=O)CCCl. The smallest absolute Gasteiger partial charge is 0.170 e. The zero-order chi connectivity index (χ0) is 11.6. The van der Waals surface area contributed by atoms with Crippen LogP contribution in [0.4, 0.5) is 0 Å². The van der Waals surface area contributed by atoms with Gasteiger partial charge in [-0.05, 0) is 13.8 Å². The summed E-state index contributed by atoms with van der Waals surface area (Å²) in [6, 6.07) is 0. The van der Waals surface area contributed by atoms with Crippen molar-refractivity contribution in [3.63, 3.8) is 0 Å². The highest BCUT2D eigenvalue weighted by molar-refractivity contribution is 8.10. The molecule has 0 bridgehead atoms. The van der Waals surface area contributed by atoms with E-state index in [9.17, 15) is 16.8 Å². The minimum Gasteiger partial charge on any atom is -0.227 e. The molecule has 0 aromatic rings. The van der Waals surface area contributed by atoms with Gasteiger partial charge in [0, 0.05) is 11.6 Å². The first-order valence-electron chi connectivity index (χ1n) is 4.13. The zero-order valence-corrected chi connectivity index (χ0v) is 10.8. The topological polar surface area (TPSA) is 68.3 Å². The third-order valence-electron chi connectivity index (χ3n) is 2.22. The molecule has 0 rings (SSSR count). The third-order valence-corrected chi connectivity index (χ3v) is 8.66. The molecule has 0 aliphatic heterocycles. The van der Waals surface area contributed by atoms with Gasteiger partial charge in [0.15, 0.2) is 23.8 Å². The van der Waals surface area contributed by atoms with Crippen molar-refractivity contribution in [2.75, 3.05) is 17.4 Å². The third kappa shape index (κ3) is 2.41. The molecule has 0 aliphatic rings. The van der Waals surface area contributed by atoms with Crippen LogP contribution in [0, 0.1) is 0 Å². The average molecular weight is 263 g/mol. The molecule has 0 saturated heterocycles. The van der Waals surface area contributed by atoms with Crippen molar-refractivity contribution in [2.45, 2.75) is 24.9 Å². The number of hydrogen-bond donors (Lipinski definition) is 0.